The van der Waals surface area contributed by atoms with Gasteiger partial charge in [0.1, 0.15) is 0 Å². The van der Waals surface area contributed by atoms with Gasteiger partial charge in [-0.1, -0.05) is 27.2 Å². The van der Waals surface area contributed by atoms with E-state index in [9.17, 15) is 8.42 Å². The lowest BCUT2D eigenvalue weighted by atomic mass is 10.1. The highest BCUT2D eigenvalue weighted by molar-refractivity contribution is 7.91. The minimum absolute atomic E-state index is 0.248. The second-order valence-corrected chi connectivity index (χ2v) is 5.93. The quantitative estimate of drug-likeness (QED) is 0.635. The van der Waals surface area contributed by atoms with E-state index in [0.717, 1.165) is 13.0 Å². The van der Waals surface area contributed by atoms with E-state index >= 15 is 0 Å². The first-order chi connectivity index (χ1) is 6.02. The van der Waals surface area contributed by atoms with Crippen molar-refractivity contribution in [3.8, 4) is 0 Å². The lowest BCUT2D eigenvalue weighted by Crippen LogP contribution is -2.27. The fourth-order valence-corrected chi connectivity index (χ4v) is 1.61. The molecule has 0 bridgehead atoms. The summed E-state index contributed by atoms with van der Waals surface area (Å²) in [6.07, 6.45) is 1.13. The zero-order valence-corrected chi connectivity index (χ0v) is 9.65. The van der Waals surface area contributed by atoms with Crippen LogP contribution in [0.2, 0.25) is 0 Å². The largest absolute Gasteiger partial charge is 0.315 e. The van der Waals surface area contributed by atoms with Crippen LogP contribution < -0.4 is 5.32 Å². The second kappa shape index (κ2) is 6.38. The summed E-state index contributed by atoms with van der Waals surface area (Å²) in [6.45, 7) is 7.47. The third-order valence-electron chi connectivity index (χ3n) is 2.22. The van der Waals surface area contributed by atoms with E-state index in [4.69, 9.17) is 0 Å². The molecule has 0 amide bonds. The van der Waals surface area contributed by atoms with E-state index in [1.165, 1.54) is 0 Å². The van der Waals surface area contributed by atoms with Crippen molar-refractivity contribution < 1.29 is 8.42 Å². The molecule has 4 heteroatoms. The van der Waals surface area contributed by atoms with Gasteiger partial charge in [0.05, 0.1) is 5.75 Å². The monoisotopic (exact) mass is 207 g/mol. The molecule has 0 rings (SSSR count). The van der Waals surface area contributed by atoms with Crippen LogP contribution in [-0.4, -0.2) is 33.0 Å². The summed E-state index contributed by atoms with van der Waals surface area (Å²) in [6, 6.07) is 0. The van der Waals surface area contributed by atoms with Crippen molar-refractivity contribution in [1.29, 1.82) is 0 Å². The van der Waals surface area contributed by atoms with E-state index < -0.39 is 9.84 Å². The van der Waals surface area contributed by atoms with Crippen LogP contribution >= 0.6 is 0 Å². The predicted molar refractivity (Wildman–Crippen MR) is 56.7 cm³/mol. The van der Waals surface area contributed by atoms with Gasteiger partial charge in [-0.2, -0.15) is 0 Å². The molecule has 0 saturated heterocycles. The number of hydrogen-bond acceptors (Lipinski definition) is 3. The van der Waals surface area contributed by atoms with Crippen LogP contribution in [0.3, 0.4) is 0 Å². The molecule has 0 saturated carbocycles. The van der Waals surface area contributed by atoms with Gasteiger partial charge in [-0.3, -0.25) is 0 Å². The number of rotatable bonds is 7. The summed E-state index contributed by atoms with van der Waals surface area (Å²) in [5.41, 5.74) is 0. The number of sulfone groups is 1. The molecule has 1 N–H and O–H groups in total. The highest BCUT2D eigenvalue weighted by atomic mass is 32.2. The Morgan fingerprint density at radius 1 is 1.31 bits per heavy atom. The maximum atomic E-state index is 11.1. The molecule has 0 spiro atoms. The average Bonchev–Trinajstić information content (AvgIpc) is 2.12. The van der Waals surface area contributed by atoms with Crippen LogP contribution in [0.25, 0.3) is 0 Å². The van der Waals surface area contributed by atoms with Gasteiger partial charge in [-0.05, 0) is 12.5 Å². The standard InChI is InChI=1S/C9H21NO2S/c1-4-9(3)8-10-6-7-13(11,12)5-2/h9-10H,4-8H2,1-3H3. The molecule has 0 fully saturated rings. The average molecular weight is 207 g/mol. The molecule has 0 aromatic heterocycles. The van der Waals surface area contributed by atoms with Crippen LogP contribution in [0.5, 0.6) is 0 Å². The molecule has 80 valence electrons. The van der Waals surface area contributed by atoms with Gasteiger partial charge in [0.15, 0.2) is 9.84 Å². The summed E-state index contributed by atoms with van der Waals surface area (Å²) >= 11 is 0. The lowest BCUT2D eigenvalue weighted by molar-refractivity contribution is 0.508. The minimum atomic E-state index is -2.79. The second-order valence-electron chi connectivity index (χ2n) is 3.45. The molecule has 0 aromatic rings. The third-order valence-corrected chi connectivity index (χ3v) is 3.93. The smallest absolute Gasteiger partial charge is 0.151 e. The zero-order chi connectivity index (χ0) is 10.3. The Kier molecular flexibility index (Phi) is 6.33. The van der Waals surface area contributed by atoms with E-state index in [1.54, 1.807) is 6.92 Å². The van der Waals surface area contributed by atoms with Crippen molar-refractivity contribution in [3.63, 3.8) is 0 Å². The Morgan fingerprint density at radius 2 is 1.92 bits per heavy atom. The highest BCUT2D eigenvalue weighted by Crippen LogP contribution is 1.96. The maximum absolute atomic E-state index is 11.1. The van der Waals surface area contributed by atoms with E-state index in [2.05, 4.69) is 19.2 Å². The molecular weight excluding hydrogens is 186 g/mol. The van der Waals surface area contributed by atoms with E-state index in [-0.39, 0.29) is 11.5 Å². The van der Waals surface area contributed by atoms with Crippen molar-refractivity contribution >= 4 is 9.84 Å². The van der Waals surface area contributed by atoms with Crippen LogP contribution in [0, 0.1) is 5.92 Å². The first-order valence-corrected chi connectivity index (χ1v) is 6.75. The molecule has 0 aromatic carbocycles. The lowest BCUT2D eigenvalue weighted by Gasteiger charge is -2.09. The van der Waals surface area contributed by atoms with Gasteiger partial charge in [0, 0.05) is 12.3 Å². The Balaban J connectivity index is 3.47. The summed E-state index contributed by atoms with van der Waals surface area (Å²) in [4.78, 5) is 0. The van der Waals surface area contributed by atoms with Gasteiger partial charge in [0.2, 0.25) is 0 Å². The van der Waals surface area contributed by atoms with E-state index in [1.807, 2.05) is 0 Å². The molecule has 13 heavy (non-hydrogen) atoms. The first kappa shape index (κ1) is 12.9. The zero-order valence-electron chi connectivity index (χ0n) is 8.84. The Bertz CT molecular complexity index is 212. The Labute approximate surface area is 81.8 Å². The third kappa shape index (κ3) is 7.02. The van der Waals surface area contributed by atoms with Crippen molar-refractivity contribution in [2.45, 2.75) is 27.2 Å². The predicted octanol–water partition coefficient (Wildman–Crippen LogP) is 1.06. The summed E-state index contributed by atoms with van der Waals surface area (Å²) in [5, 5.41) is 3.15. The SMILES string of the molecule is CCC(C)CNCCS(=O)(=O)CC. The molecule has 0 radical (unpaired) electrons. The fraction of sp³-hybridized carbons (Fsp3) is 1.00. The Hall–Kier alpha value is -0.0900. The van der Waals surface area contributed by atoms with Crippen LogP contribution in [0.1, 0.15) is 27.2 Å². The number of hydrogen-bond donors (Lipinski definition) is 1. The van der Waals surface area contributed by atoms with Crippen LogP contribution in [-0.2, 0) is 9.84 Å². The topological polar surface area (TPSA) is 46.2 Å². The Morgan fingerprint density at radius 3 is 2.38 bits per heavy atom. The van der Waals surface area contributed by atoms with Crippen molar-refractivity contribution in [2.24, 2.45) is 5.92 Å². The summed E-state index contributed by atoms with van der Waals surface area (Å²) in [7, 11) is -2.79. The van der Waals surface area contributed by atoms with Gasteiger partial charge >= 0.3 is 0 Å². The first-order valence-electron chi connectivity index (χ1n) is 4.93. The highest BCUT2D eigenvalue weighted by Gasteiger charge is 2.06. The van der Waals surface area contributed by atoms with Crippen molar-refractivity contribution in [1.82, 2.24) is 5.32 Å². The van der Waals surface area contributed by atoms with E-state index in [0.29, 0.717) is 12.5 Å². The molecule has 0 heterocycles. The number of nitrogens with one attached hydrogen (secondary N) is 1. The van der Waals surface area contributed by atoms with Gasteiger partial charge < -0.3 is 5.32 Å². The van der Waals surface area contributed by atoms with Crippen molar-refractivity contribution in [2.75, 3.05) is 24.6 Å². The normalized spacial score (nSPS) is 14.4. The molecule has 0 aliphatic heterocycles. The summed E-state index contributed by atoms with van der Waals surface area (Å²) in [5.74, 6) is 1.14. The fourth-order valence-electron chi connectivity index (χ4n) is 0.865. The molecular formula is C9H21NO2S. The maximum Gasteiger partial charge on any atom is 0.151 e. The molecule has 1 unspecified atom stereocenters. The van der Waals surface area contributed by atoms with Gasteiger partial charge in [-0.25, -0.2) is 8.42 Å². The summed E-state index contributed by atoms with van der Waals surface area (Å²) < 4.78 is 22.1. The van der Waals surface area contributed by atoms with Crippen molar-refractivity contribution in [3.05, 3.63) is 0 Å². The molecule has 3 nitrogen and oxygen atoms in total. The van der Waals surface area contributed by atoms with Gasteiger partial charge in [0.25, 0.3) is 0 Å². The molecule has 0 aliphatic carbocycles. The molecule has 1 atom stereocenters. The van der Waals surface area contributed by atoms with Crippen LogP contribution in [0.15, 0.2) is 0 Å². The van der Waals surface area contributed by atoms with Gasteiger partial charge in [-0.15, -0.1) is 0 Å². The van der Waals surface area contributed by atoms with Crippen LogP contribution in [0.4, 0.5) is 0 Å². The minimum Gasteiger partial charge on any atom is -0.315 e. The molecule has 0 aliphatic rings.